The molecule has 0 amide bonds. The molecule has 120 valence electrons. The molecule has 2 heterocycles. The van der Waals surface area contributed by atoms with E-state index >= 15 is 0 Å². The van der Waals surface area contributed by atoms with Crippen LogP contribution in [0.2, 0.25) is 0 Å². The Hall–Kier alpha value is -2.92. The molecule has 0 saturated heterocycles. The predicted molar refractivity (Wildman–Crippen MR) is 88.9 cm³/mol. The highest BCUT2D eigenvalue weighted by Crippen LogP contribution is 2.30. The van der Waals surface area contributed by atoms with Crippen LogP contribution in [0, 0.1) is 5.82 Å². The predicted octanol–water partition coefficient (Wildman–Crippen LogP) is 3.98. The van der Waals surface area contributed by atoms with Crippen molar-refractivity contribution in [3.63, 3.8) is 0 Å². The number of hydrogen-bond donors (Lipinski definition) is 1. The molecule has 4 nitrogen and oxygen atoms in total. The zero-order valence-corrected chi connectivity index (χ0v) is 12.8. The van der Waals surface area contributed by atoms with Crippen LogP contribution < -0.4 is 0 Å². The van der Waals surface area contributed by atoms with Crippen LogP contribution in [-0.4, -0.2) is 14.9 Å². The van der Waals surface area contributed by atoms with Gasteiger partial charge < -0.3 is 9.52 Å². The summed E-state index contributed by atoms with van der Waals surface area (Å²) in [5, 5.41) is 14.5. The summed E-state index contributed by atoms with van der Waals surface area (Å²) in [4.78, 5) is 0. The fraction of sp³-hybridized carbons (Fsp3) is 0.105. The van der Waals surface area contributed by atoms with Gasteiger partial charge in [-0.05, 0) is 35.9 Å². The van der Waals surface area contributed by atoms with Gasteiger partial charge in [-0.15, -0.1) is 0 Å². The molecule has 0 saturated carbocycles. The highest BCUT2D eigenvalue weighted by Gasteiger charge is 2.16. The molecule has 2 aromatic carbocycles. The molecular weight excluding hydrogens is 307 g/mol. The molecule has 0 fully saturated rings. The molecule has 4 aromatic rings. The second-order valence-corrected chi connectivity index (χ2v) is 5.58. The summed E-state index contributed by atoms with van der Waals surface area (Å²) in [6.07, 6.45) is 0. The number of benzene rings is 2. The Morgan fingerprint density at radius 1 is 1.04 bits per heavy atom. The van der Waals surface area contributed by atoms with Gasteiger partial charge in [0.2, 0.25) is 0 Å². The summed E-state index contributed by atoms with van der Waals surface area (Å²) >= 11 is 0. The molecule has 1 N–H and O–H groups in total. The van der Waals surface area contributed by atoms with Gasteiger partial charge in [0, 0.05) is 5.39 Å². The molecule has 2 aromatic heterocycles. The van der Waals surface area contributed by atoms with Crippen molar-refractivity contribution in [1.29, 1.82) is 0 Å². The van der Waals surface area contributed by atoms with Gasteiger partial charge >= 0.3 is 0 Å². The summed E-state index contributed by atoms with van der Waals surface area (Å²) in [5.74, 6) is 0.644. The molecule has 0 radical (unpaired) electrons. The normalized spacial score (nSPS) is 11.2. The summed E-state index contributed by atoms with van der Waals surface area (Å²) in [5.41, 5.74) is 2.51. The fourth-order valence-corrected chi connectivity index (χ4v) is 2.80. The van der Waals surface area contributed by atoms with Crippen molar-refractivity contribution in [2.75, 3.05) is 0 Å². The fourth-order valence-electron chi connectivity index (χ4n) is 2.80. The van der Waals surface area contributed by atoms with Gasteiger partial charge in [0.05, 0.1) is 12.1 Å². The smallest absolute Gasteiger partial charge is 0.155 e. The average molecular weight is 322 g/mol. The maximum atomic E-state index is 13.7. The Kier molecular flexibility index (Phi) is 3.63. The number of nitrogens with zero attached hydrogens (tertiary/aromatic N) is 2. The first kappa shape index (κ1) is 14.7. The van der Waals surface area contributed by atoms with E-state index in [1.807, 2.05) is 35.0 Å². The molecule has 0 atom stereocenters. The number of furan rings is 1. The second-order valence-electron chi connectivity index (χ2n) is 5.58. The van der Waals surface area contributed by atoms with Crippen LogP contribution in [0.3, 0.4) is 0 Å². The molecule has 0 unspecified atom stereocenters. The highest BCUT2D eigenvalue weighted by molar-refractivity contribution is 5.92. The van der Waals surface area contributed by atoms with Crippen LogP contribution in [0.15, 0.2) is 65.1 Å². The number of hydrogen-bond acceptors (Lipinski definition) is 3. The van der Waals surface area contributed by atoms with Crippen molar-refractivity contribution >= 4 is 10.9 Å². The van der Waals surface area contributed by atoms with Crippen LogP contribution in [-0.2, 0) is 13.2 Å². The molecule has 0 aliphatic rings. The number of aliphatic hydroxyl groups excluding tert-OH is 1. The number of fused-ring (bicyclic) bond motifs is 1. The molecule has 24 heavy (non-hydrogen) atoms. The van der Waals surface area contributed by atoms with Gasteiger partial charge in [0.1, 0.15) is 23.9 Å². The first-order chi connectivity index (χ1) is 11.7. The molecule has 0 aliphatic carbocycles. The lowest BCUT2D eigenvalue weighted by atomic mass is 10.1. The van der Waals surface area contributed by atoms with Crippen LogP contribution in [0.25, 0.3) is 22.4 Å². The van der Waals surface area contributed by atoms with Gasteiger partial charge in [-0.25, -0.2) is 4.39 Å². The topological polar surface area (TPSA) is 51.2 Å². The van der Waals surface area contributed by atoms with Crippen molar-refractivity contribution < 1.29 is 13.9 Å². The molecule has 4 rings (SSSR count). The van der Waals surface area contributed by atoms with E-state index in [4.69, 9.17) is 4.42 Å². The van der Waals surface area contributed by atoms with E-state index < -0.39 is 0 Å². The lowest BCUT2D eigenvalue weighted by Crippen LogP contribution is -2.01. The zero-order chi connectivity index (χ0) is 16.5. The third-order valence-electron chi connectivity index (χ3n) is 3.94. The third kappa shape index (κ3) is 2.59. The number of rotatable bonds is 4. The van der Waals surface area contributed by atoms with Crippen LogP contribution in [0.5, 0.6) is 0 Å². The lowest BCUT2D eigenvalue weighted by Gasteiger charge is -2.03. The number of aromatic nitrogens is 2. The highest BCUT2D eigenvalue weighted by atomic mass is 19.1. The van der Waals surface area contributed by atoms with E-state index in [9.17, 15) is 9.50 Å². The summed E-state index contributed by atoms with van der Waals surface area (Å²) in [6.45, 7) is 0.396. The van der Waals surface area contributed by atoms with Crippen LogP contribution in [0.4, 0.5) is 4.39 Å². The Morgan fingerprint density at radius 2 is 1.88 bits per heavy atom. The Balaban J connectivity index is 1.86. The summed E-state index contributed by atoms with van der Waals surface area (Å²) < 4.78 is 21.1. The molecular formula is C19H15FN2O2. The first-order valence-electron chi connectivity index (χ1n) is 7.64. The van der Waals surface area contributed by atoms with Crippen molar-refractivity contribution in [3.05, 3.63) is 77.8 Å². The second kappa shape index (κ2) is 5.94. The largest absolute Gasteiger partial charge is 0.457 e. The Labute approximate surface area is 137 Å². The summed E-state index contributed by atoms with van der Waals surface area (Å²) in [7, 11) is 0. The van der Waals surface area contributed by atoms with Crippen LogP contribution >= 0.6 is 0 Å². The van der Waals surface area contributed by atoms with Gasteiger partial charge in [0.25, 0.3) is 0 Å². The molecule has 5 heteroatoms. The minimum atomic E-state index is -0.322. The minimum Gasteiger partial charge on any atom is -0.457 e. The first-order valence-corrected chi connectivity index (χ1v) is 7.64. The molecule has 0 aliphatic heterocycles. The van der Waals surface area contributed by atoms with Gasteiger partial charge in [-0.1, -0.05) is 30.3 Å². The summed E-state index contributed by atoms with van der Waals surface area (Å²) in [6, 6.07) is 18.0. The SMILES string of the molecule is OCc1ccc(-c2nn(Cc3ccccc3)c3ccc(F)cc23)o1. The van der Waals surface area contributed by atoms with E-state index in [0.29, 0.717) is 29.1 Å². The maximum Gasteiger partial charge on any atom is 0.155 e. The van der Waals surface area contributed by atoms with Gasteiger partial charge in [-0.2, -0.15) is 5.10 Å². The monoisotopic (exact) mass is 322 g/mol. The number of halogens is 1. The third-order valence-corrected chi connectivity index (χ3v) is 3.94. The van der Waals surface area contributed by atoms with Crippen LogP contribution in [0.1, 0.15) is 11.3 Å². The van der Waals surface area contributed by atoms with E-state index in [-0.39, 0.29) is 12.4 Å². The molecule has 0 spiro atoms. The van der Waals surface area contributed by atoms with E-state index in [1.54, 1.807) is 18.2 Å². The van der Waals surface area contributed by atoms with Crippen molar-refractivity contribution in [2.45, 2.75) is 13.2 Å². The number of aliphatic hydroxyl groups is 1. The van der Waals surface area contributed by atoms with Gasteiger partial charge in [0.15, 0.2) is 5.76 Å². The van der Waals surface area contributed by atoms with Gasteiger partial charge in [-0.3, -0.25) is 4.68 Å². The minimum absolute atomic E-state index is 0.184. The Bertz CT molecular complexity index is 989. The van der Waals surface area contributed by atoms with Crippen molar-refractivity contribution in [2.24, 2.45) is 0 Å². The standard InChI is InChI=1S/C19H15FN2O2/c20-14-6-8-17-16(10-14)19(18-9-7-15(12-23)24-18)21-22(17)11-13-4-2-1-3-5-13/h1-10,23H,11-12H2. The Morgan fingerprint density at radius 3 is 2.62 bits per heavy atom. The maximum absolute atomic E-state index is 13.7. The zero-order valence-electron chi connectivity index (χ0n) is 12.8. The quantitative estimate of drug-likeness (QED) is 0.618. The van der Waals surface area contributed by atoms with Crippen molar-refractivity contribution in [3.8, 4) is 11.5 Å². The van der Waals surface area contributed by atoms with E-state index in [0.717, 1.165) is 11.1 Å². The van der Waals surface area contributed by atoms with Crippen molar-refractivity contribution in [1.82, 2.24) is 9.78 Å². The van der Waals surface area contributed by atoms with E-state index in [1.165, 1.54) is 12.1 Å². The molecule has 0 bridgehead atoms. The van der Waals surface area contributed by atoms with E-state index in [2.05, 4.69) is 5.10 Å². The average Bonchev–Trinajstić information content (AvgIpc) is 3.20. The lowest BCUT2D eigenvalue weighted by molar-refractivity contribution is 0.248.